The summed E-state index contributed by atoms with van der Waals surface area (Å²) in [5, 5.41) is 12.2. The van der Waals surface area contributed by atoms with Crippen molar-refractivity contribution in [1.29, 1.82) is 0 Å². The molecule has 0 aliphatic heterocycles. The average Bonchev–Trinajstić information content (AvgIpc) is 2.73. The highest BCUT2D eigenvalue weighted by atomic mass is 16.5. The molecule has 1 unspecified atom stereocenters. The van der Waals surface area contributed by atoms with E-state index in [1.54, 1.807) is 6.92 Å². The van der Waals surface area contributed by atoms with Crippen LogP contribution in [0, 0.1) is 0 Å². The maximum Gasteiger partial charge on any atom is 0.333 e. The molecule has 0 saturated carbocycles. The fourth-order valence-corrected chi connectivity index (χ4v) is 3.09. The Morgan fingerprint density at radius 3 is 2.23 bits per heavy atom. The van der Waals surface area contributed by atoms with Gasteiger partial charge in [-0.25, -0.2) is 4.79 Å². The van der Waals surface area contributed by atoms with Gasteiger partial charge in [0.15, 0.2) is 0 Å². The Labute approximate surface area is 178 Å². The predicted octanol–water partition coefficient (Wildman–Crippen LogP) is 4.74. The van der Waals surface area contributed by atoms with Crippen LogP contribution in [-0.2, 0) is 20.7 Å². The summed E-state index contributed by atoms with van der Waals surface area (Å²) in [7, 11) is 0. The molecule has 158 valence electrons. The van der Waals surface area contributed by atoms with E-state index in [1.165, 1.54) is 0 Å². The number of hydrogen-bond acceptors (Lipinski definition) is 4. The third-order valence-corrected chi connectivity index (χ3v) is 4.61. The number of carbonyl (C=O) groups excluding carboxylic acids is 2. The zero-order valence-electron chi connectivity index (χ0n) is 17.4. The highest BCUT2D eigenvalue weighted by Gasteiger charge is 2.18. The summed E-state index contributed by atoms with van der Waals surface area (Å²) in [5.74, 6) is -0.707. The lowest BCUT2D eigenvalue weighted by Gasteiger charge is -2.20. The topological polar surface area (TPSA) is 75.6 Å². The molecule has 30 heavy (non-hydrogen) atoms. The number of aliphatic hydroxyl groups excluding tert-OH is 1. The molecule has 2 aromatic carbocycles. The van der Waals surface area contributed by atoms with Crippen LogP contribution in [0.1, 0.15) is 31.7 Å². The summed E-state index contributed by atoms with van der Waals surface area (Å²) in [6.07, 6.45) is 1.15. The van der Waals surface area contributed by atoms with E-state index in [2.05, 4.69) is 30.6 Å². The maximum absolute atomic E-state index is 12.3. The molecule has 0 aliphatic carbocycles. The van der Waals surface area contributed by atoms with Crippen LogP contribution in [0.15, 0.2) is 79.1 Å². The Morgan fingerprint density at radius 2 is 1.63 bits per heavy atom. The van der Waals surface area contributed by atoms with E-state index in [1.807, 2.05) is 42.5 Å². The number of hydrogen-bond donors (Lipinski definition) is 2. The van der Waals surface area contributed by atoms with Gasteiger partial charge < -0.3 is 15.2 Å². The molecular formula is C25H29NO4. The summed E-state index contributed by atoms with van der Waals surface area (Å²) in [4.78, 5) is 24.2. The number of benzene rings is 2. The molecule has 1 amide bonds. The standard InChI is InChI=1S/C25H29NO4/c1-4-30-25(29)18(2)16-23(26-24(28)15-10-19(3)27)17-20-11-13-22(14-12-20)21-8-6-5-7-9-21/h5-9,11-14,23,27H,2-4,10,15-17H2,1H3,(H,26,28). The molecule has 0 spiro atoms. The molecule has 0 aromatic heterocycles. The SMILES string of the molecule is C=C(O)CCC(=O)NC(CC(=C)C(=O)OCC)Cc1ccc(-c2ccccc2)cc1. The van der Waals surface area contributed by atoms with Gasteiger partial charge in [0, 0.05) is 24.5 Å². The van der Waals surface area contributed by atoms with E-state index < -0.39 is 5.97 Å². The normalized spacial score (nSPS) is 11.4. The Morgan fingerprint density at radius 1 is 1.00 bits per heavy atom. The fraction of sp³-hybridized carbons (Fsp3) is 0.280. The number of nitrogens with one attached hydrogen (secondary N) is 1. The first-order valence-corrected chi connectivity index (χ1v) is 10.0. The van der Waals surface area contributed by atoms with E-state index in [4.69, 9.17) is 4.74 Å². The van der Waals surface area contributed by atoms with Gasteiger partial charge in [0.05, 0.1) is 12.4 Å². The number of ether oxygens (including phenoxy) is 1. The van der Waals surface area contributed by atoms with Crippen LogP contribution in [0.2, 0.25) is 0 Å². The van der Waals surface area contributed by atoms with Crippen molar-refractivity contribution in [2.45, 2.75) is 38.6 Å². The number of carbonyl (C=O) groups is 2. The van der Waals surface area contributed by atoms with Crippen LogP contribution in [0.5, 0.6) is 0 Å². The molecule has 1 atom stereocenters. The number of rotatable bonds is 11. The van der Waals surface area contributed by atoms with Crippen molar-refractivity contribution in [2.75, 3.05) is 6.61 Å². The van der Waals surface area contributed by atoms with Crippen molar-refractivity contribution < 1.29 is 19.4 Å². The molecular weight excluding hydrogens is 378 g/mol. The van der Waals surface area contributed by atoms with Gasteiger partial charge in [-0.2, -0.15) is 0 Å². The molecule has 5 heteroatoms. The van der Waals surface area contributed by atoms with Gasteiger partial charge in [-0.15, -0.1) is 0 Å². The van der Waals surface area contributed by atoms with Crippen molar-refractivity contribution in [2.24, 2.45) is 0 Å². The first-order valence-electron chi connectivity index (χ1n) is 10.0. The first kappa shape index (κ1) is 22.9. The third kappa shape index (κ3) is 7.59. The molecule has 5 nitrogen and oxygen atoms in total. The smallest absolute Gasteiger partial charge is 0.333 e. The minimum Gasteiger partial charge on any atom is -0.513 e. The van der Waals surface area contributed by atoms with E-state index in [-0.39, 0.29) is 43.6 Å². The van der Waals surface area contributed by atoms with Crippen molar-refractivity contribution in [1.82, 2.24) is 5.32 Å². The van der Waals surface area contributed by atoms with Gasteiger partial charge in [-0.3, -0.25) is 4.79 Å². The fourth-order valence-electron chi connectivity index (χ4n) is 3.09. The first-order chi connectivity index (χ1) is 14.4. The predicted molar refractivity (Wildman–Crippen MR) is 119 cm³/mol. The van der Waals surface area contributed by atoms with Gasteiger partial charge in [-0.1, -0.05) is 67.8 Å². The molecule has 0 heterocycles. The Bertz CT molecular complexity index is 872. The molecule has 0 bridgehead atoms. The van der Waals surface area contributed by atoms with Crippen LogP contribution < -0.4 is 5.32 Å². The largest absolute Gasteiger partial charge is 0.513 e. The highest BCUT2D eigenvalue weighted by Crippen LogP contribution is 2.20. The summed E-state index contributed by atoms with van der Waals surface area (Å²) >= 11 is 0. The quantitative estimate of drug-likeness (QED) is 0.320. The Balaban J connectivity index is 2.08. The molecule has 0 aliphatic rings. The van der Waals surface area contributed by atoms with E-state index in [9.17, 15) is 14.7 Å². The van der Waals surface area contributed by atoms with Gasteiger partial charge in [0.1, 0.15) is 0 Å². The average molecular weight is 408 g/mol. The molecule has 0 fully saturated rings. The Kier molecular flexibility index (Phi) is 8.88. The van der Waals surface area contributed by atoms with Crippen LogP contribution >= 0.6 is 0 Å². The van der Waals surface area contributed by atoms with Crippen LogP contribution in [0.4, 0.5) is 0 Å². The molecule has 2 N–H and O–H groups in total. The van der Waals surface area contributed by atoms with Gasteiger partial charge >= 0.3 is 5.97 Å². The molecule has 2 aromatic rings. The van der Waals surface area contributed by atoms with Crippen molar-refractivity contribution in [3.05, 3.63) is 84.7 Å². The molecule has 0 saturated heterocycles. The zero-order chi connectivity index (χ0) is 21.9. The zero-order valence-corrected chi connectivity index (χ0v) is 17.4. The molecule has 0 radical (unpaired) electrons. The Hall–Kier alpha value is -3.34. The van der Waals surface area contributed by atoms with Gasteiger partial charge in [0.2, 0.25) is 5.91 Å². The second-order valence-electron chi connectivity index (χ2n) is 7.13. The second kappa shape index (κ2) is 11.6. The highest BCUT2D eigenvalue weighted by molar-refractivity contribution is 5.88. The number of allylic oxidation sites excluding steroid dienone is 1. The minimum absolute atomic E-state index is 0.0332. The number of aliphatic hydroxyl groups is 1. The maximum atomic E-state index is 12.3. The lowest BCUT2D eigenvalue weighted by atomic mass is 9.97. The number of amides is 1. The van der Waals surface area contributed by atoms with Gasteiger partial charge in [-0.05, 0) is 36.5 Å². The van der Waals surface area contributed by atoms with Crippen LogP contribution in [0.25, 0.3) is 11.1 Å². The minimum atomic E-state index is -0.458. The second-order valence-corrected chi connectivity index (χ2v) is 7.13. The van der Waals surface area contributed by atoms with E-state index >= 15 is 0 Å². The monoisotopic (exact) mass is 407 g/mol. The van der Waals surface area contributed by atoms with Crippen LogP contribution in [-0.4, -0.2) is 29.6 Å². The third-order valence-electron chi connectivity index (χ3n) is 4.61. The van der Waals surface area contributed by atoms with Crippen molar-refractivity contribution in [3.8, 4) is 11.1 Å². The van der Waals surface area contributed by atoms with E-state index in [0.717, 1.165) is 16.7 Å². The number of esters is 1. The lowest BCUT2D eigenvalue weighted by molar-refractivity contribution is -0.138. The summed E-state index contributed by atoms with van der Waals surface area (Å²) < 4.78 is 5.01. The van der Waals surface area contributed by atoms with Gasteiger partial charge in [0.25, 0.3) is 0 Å². The van der Waals surface area contributed by atoms with Crippen molar-refractivity contribution >= 4 is 11.9 Å². The summed E-state index contributed by atoms with van der Waals surface area (Å²) in [6, 6.07) is 17.9. The summed E-state index contributed by atoms with van der Waals surface area (Å²) in [5.41, 5.74) is 3.59. The lowest BCUT2D eigenvalue weighted by Crippen LogP contribution is -2.37. The van der Waals surface area contributed by atoms with Crippen LogP contribution in [0.3, 0.4) is 0 Å². The van der Waals surface area contributed by atoms with Crippen molar-refractivity contribution in [3.63, 3.8) is 0 Å². The molecule has 2 rings (SSSR count). The van der Waals surface area contributed by atoms with E-state index in [0.29, 0.717) is 12.0 Å². The summed E-state index contributed by atoms with van der Waals surface area (Å²) in [6.45, 7) is 9.22.